The summed E-state index contributed by atoms with van der Waals surface area (Å²) < 4.78 is 10.6. The molecule has 0 saturated carbocycles. The number of ketones is 1. The molecule has 0 aliphatic heterocycles. The minimum absolute atomic E-state index is 0.0762. The highest BCUT2D eigenvalue weighted by atomic mass is 16.5. The van der Waals surface area contributed by atoms with E-state index in [4.69, 9.17) is 15.2 Å². The van der Waals surface area contributed by atoms with E-state index in [-0.39, 0.29) is 24.7 Å². The minimum atomic E-state index is -0.462. The number of nitrogens with one attached hydrogen (secondary N) is 1. The number of nitrogens with two attached hydrogens (primary N) is 1. The number of esters is 1. The second-order valence-electron chi connectivity index (χ2n) is 7.00. The van der Waals surface area contributed by atoms with E-state index in [1.807, 2.05) is 35.2 Å². The van der Waals surface area contributed by atoms with Crippen LogP contribution in [0.15, 0.2) is 42.5 Å². The number of anilines is 3. The molecule has 0 atom stereocenters. The number of ether oxygens (including phenoxy) is 2. The van der Waals surface area contributed by atoms with Gasteiger partial charge in [0.2, 0.25) is 5.91 Å². The molecule has 2 aromatic rings. The molecule has 166 valence electrons. The first kappa shape index (κ1) is 23.7. The van der Waals surface area contributed by atoms with E-state index in [1.165, 1.54) is 14.0 Å². The van der Waals surface area contributed by atoms with Gasteiger partial charge in [0.15, 0.2) is 5.78 Å². The average molecular weight is 428 g/mol. The lowest BCUT2D eigenvalue weighted by atomic mass is 10.1. The van der Waals surface area contributed by atoms with Crippen LogP contribution in [0.4, 0.5) is 17.1 Å². The van der Waals surface area contributed by atoms with E-state index < -0.39 is 5.97 Å². The monoisotopic (exact) mass is 427 g/mol. The van der Waals surface area contributed by atoms with Crippen molar-refractivity contribution in [3.63, 3.8) is 0 Å². The molecule has 0 spiro atoms. The molecule has 8 heteroatoms. The Morgan fingerprint density at radius 3 is 2.45 bits per heavy atom. The van der Waals surface area contributed by atoms with E-state index in [1.54, 1.807) is 19.1 Å². The highest BCUT2D eigenvalue weighted by molar-refractivity contribution is 5.94. The Morgan fingerprint density at radius 1 is 1.13 bits per heavy atom. The number of nitrogens with zero attached hydrogens (tertiary/aromatic N) is 1. The van der Waals surface area contributed by atoms with Gasteiger partial charge in [0.1, 0.15) is 12.4 Å². The Kier molecular flexibility index (Phi) is 8.87. The standard InChI is InChI=1S/C23H29N3O5/c1-4-18(28)15-31-23(29)10-11-26(14-17-8-6-5-7-9-17)21-13-20(25-16(2)27)19(24)12-22(21)30-3/h5-9,12-13H,4,10-11,14-15,24H2,1-3H3,(H,25,27). The Hall–Kier alpha value is -3.55. The van der Waals surface area contributed by atoms with E-state index in [2.05, 4.69) is 5.32 Å². The minimum Gasteiger partial charge on any atom is -0.495 e. The van der Waals surface area contributed by atoms with Crippen LogP contribution in [-0.2, 0) is 25.7 Å². The number of nitrogen functional groups attached to an aromatic ring is 1. The third kappa shape index (κ3) is 7.33. The first-order valence-corrected chi connectivity index (χ1v) is 10.0. The van der Waals surface area contributed by atoms with Gasteiger partial charge in [-0.2, -0.15) is 0 Å². The number of Topliss-reactive ketones (excluding diaryl/α,β-unsaturated/α-hetero) is 1. The van der Waals surface area contributed by atoms with Crippen LogP contribution in [0.1, 0.15) is 32.3 Å². The van der Waals surface area contributed by atoms with Crippen LogP contribution in [0, 0.1) is 0 Å². The number of benzene rings is 2. The second-order valence-corrected chi connectivity index (χ2v) is 7.00. The van der Waals surface area contributed by atoms with Crippen LogP contribution >= 0.6 is 0 Å². The topological polar surface area (TPSA) is 111 Å². The fourth-order valence-corrected chi connectivity index (χ4v) is 2.94. The number of amides is 1. The van der Waals surface area contributed by atoms with Crippen LogP contribution < -0.4 is 20.7 Å². The molecule has 0 saturated heterocycles. The van der Waals surface area contributed by atoms with Crippen molar-refractivity contribution in [1.82, 2.24) is 0 Å². The van der Waals surface area contributed by atoms with Crippen molar-refractivity contribution in [3.05, 3.63) is 48.0 Å². The quantitative estimate of drug-likeness (QED) is 0.419. The van der Waals surface area contributed by atoms with Crippen molar-refractivity contribution < 1.29 is 23.9 Å². The fourth-order valence-electron chi connectivity index (χ4n) is 2.94. The first-order valence-electron chi connectivity index (χ1n) is 10.0. The van der Waals surface area contributed by atoms with Crippen LogP contribution in [0.5, 0.6) is 5.75 Å². The van der Waals surface area contributed by atoms with Gasteiger partial charge in [-0.15, -0.1) is 0 Å². The predicted molar refractivity (Wildman–Crippen MR) is 120 cm³/mol. The van der Waals surface area contributed by atoms with Gasteiger partial charge in [-0.05, 0) is 11.6 Å². The van der Waals surface area contributed by atoms with Gasteiger partial charge < -0.3 is 25.4 Å². The molecule has 0 radical (unpaired) electrons. The Morgan fingerprint density at radius 2 is 1.84 bits per heavy atom. The molecule has 0 aliphatic carbocycles. The number of methoxy groups -OCH3 is 1. The molecule has 31 heavy (non-hydrogen) atoms. The zero-order valence-corrected chi connectivity index (χ0v) is 18.1. The van der Waals surface area contributed by atoms with Crippen molar-refractivity contribution >= 4 is 34.7 Å². The third-order valence-corrected chi connectivity index (χ3v) is 4.59. The lowest BCUT2D eigenvalue weighted by Gasteiger charge is -2.27. The first-order chi connectivity index (χ1) is 14.8. The molecule has 0 aromatic heterocycles. The van der Waals surface area contributed by atoms with Gasteiger partial charge in [0, 0.05) is 32.5 Å². The van der Waals surface area contributed by atoms with E-state index in [0.29, 0.717) is 42.3 Å². The summed E-state index contributed by atoms with van der Waals surface area (Å²) in [6.07, 6.45) is 0.398. The second kappa shape index (κ2) is 11.6. The molecule has 0 aliphatic rings. The summed E-state index contributed by atoms with van der Waals surface area (Å²) in [4.78, 5) is 37.1. The zero-order chi connectivity index (χ0) is 22.8. The van der Waals surface area contributed by atoms with Crippen molar-refractivity contribution in [2.75, 3.05) is 36.2 Å². The molecule has 8 nitrogen and oxygen atoms in total. The van der Waals surface area contributed by atoms with Gasteiger partial charge in [-0.3, -0.25) is 14.4 Å². The Bertz CT molecular complexity index is 915. The van der Waals surface area contributed by atoms with E-state index >= 15 is 0 Å². The normalized spacial score (nSPS) is 10.3. The maximum atomic E-state index is 12.2. The lowest BCUT2D eigenvalue weighted by Crippen LogP contribution is -2.27. The van der Waals surface area contributed by atoms with Gasteiger partial charge in [-0.25, -0.2) is 0 Å². The van der Waals surface area contributed by atoms with Crippen LogP contribution in [0.25, 0.3) is 0 Å². The predicted octanol–water partition coefficient (Wildman–Crippen LogP) is 3.15. The third-order valence-electron chi connectivity index (χ3n) is 4.59. The summed E-state index contributed by atoms with van der Waals surface area (Å²) in [7, 11) is 1.53. The summed E-state index contributed by atoms with van der Waals surface area (Å²) in [5, 5.41) is 2.71. The molecule has 0 unspecified atom stereocenters. The summed E-state index contributed by atoms with van der Waals surface area (Å²) in [5.41, 5.74) is 8.57. The average Bonchev–Trinajstić information content (AvgIpc) is 2.76. The molecule has 0 bridgehead atoms. The number of rotatable bonds is 11. The largest absolute Gasteiger partial charge is 0.495 e. The SMILES string of the molecule is CCC(=O)COC(=O)CCN(Cc1ccccc1)c1cc(NC(C)=O)c(N)cc1OC. The summed E-state index contributed by atoms with van der Waals surface area (Å²) in [6, 6.07) is 13.1. The van der Waals surface area contributed by atoms with Crippen molar-refractivity contribution in [2.45, 2.75) is 33.2 Å². The molecular formula is C23H29N3O5. The molecule has 1 amide bonds. The molecule has 2 rings (SSSR count). The van der Waals surface area contributed by atoms with Crippen LogP contribution in [0.2, 0.25) is 0 Å². The lowest BCUT2D eigenvalue weighted by molar-refractivity contribution is -0.147. The van der Waals surface area contributed by atoms with Crippen molar-refractivity contribution in [1.29, 1.82) is 0 Å². The van der Waals surface area contributed by atoms with Crippen molar-refractivity contribution in [3.8, 4) is 5.75 Å². The Labute approximate surface area is 182 Å². The summed E-state index contributed by atoms with van der Waals surface area (Å²) >= 11 is 0. The summed E-state index contributed by atoms with van der Waals surface area (Å²) in [5.74, 6) is -0.329. The number of hydrogen-bond donors (Lipinski definition) is 2. The molecule has 0 heterocycles. The molecule has 0 fully saturated rings. The highest BCUT2D eigenvalue weighted by Crippen LogP contribution is 2.36. The molecular weight excluding hydrogens is 398 g/mol. The van der Waals surface area contributed by atoms with Crippen molar-refractivity contribution in [2.24, 2.45) is 0 Å². The highest BCUT2D eigenvalue weighted by Gasteiger charge is 2.18. The van der Waals surface area contributed by atoms with E-state index in [9.17, 15) is 14.4 Å². The number of carbonyl (C=O) groups excluding carboxylic acids is 3. The fraction of sp³-hybridized carbons (Fsp3) is 0.348. The van der Waals surface area contributed by atoms with Gasteiger partial charge in [-0.1, -0.05) is 37.3 Å². The van der Waals surface area contributed by atoms with Gasteiger partial charge >= 0.3 is 5.97 Å². The molecule has 3 N–H and O–H groups in total. The van der Waals surface area contributed by atoms with Crippen LogP contribution in [0.3, 0.4) is 0 Å². The number of hydrogen-bond acceptors (Lipinski definition) is 7. The summed E-state index contributed by atoms with van der Waals surface area (Å²) in [6.45, 7) is 3.71. The maximum Gasteiger partial charge on any atom is 0.308 e. The number of carbonyl (C=O) groups is 3. The zero-order valence-electron chi connectivity index (χ0n) is 18.1. The smallest absolute Gasteiger partial charge is 0.308 e. The van der Waals surface area contributed by atoms with Gasteiger partial charge in [0.05, 0.1) is 30.6 Å². The maximum absolute atomic E-state index is 12.2. The van der Waals surface area contributed by atoms with E-state index in [0.717, 1.165) is 5.56 Å². The molecule has 2 aromatic carbocycles. The Balaban J connectivity index is 2.30. The van der Waals surface area contributed by atoms with Crippen LogP contribution in [-0.4, -0.2) is 37.9 Å². The van der Waals surface area contributed by atoms with Gasteiger partial charge in [0.25, 0.3) is 0 Å².